The quantitative estimate of drug-likeness (QED) is 0.493. The molecule has 23 heavy (non-hydrogen) atoms. The van der Waals surface area contributed by atoms with Crippen LogP contribution in [0.15, 0.2) is 42.3 Å². The summed E-state index contributed by atoms with van der Waals surface area (Å²) in [6, 6.07) is 8.10. The fourth-order valence-corrected chi connectivity index (χ4v) is 2.15. The Morgan fingerprint density at radius 1 is 1.26 bits per heavy atom. The Balaban J connectivity index is 1.87. The van der Waals surface area contributed by atoms with E-state index in [0.717, 1.165) is 0 Å². The highest BCUT2D eigenvalue weighted by Crippen LogP contribution is 2.34. The summed E-state index contributed by atoms with van der Waals surface area (Å²) < 4.78 is 15.5. The lowest BCUT2D eigenvalue weighted by Gasteiger charge is -2.02. The number of carbonyl (C=O) groups is 2. The second-order valence-corrected chi connectivity index (χ2v) is 4.83. The zero-order valence-corrected chi connectivity index (χ0v) is 12.5. The molecule has 1 aromatic heterocycles. The number of fused-ring (bicyclic) bond motifs is 1. The van der Waals surface area contributed by atoms with Crippen molar-refractivity contribution in [2.75, 3.05) is 7.11 Å². The number of carbonyl (C=O) groups excluding carboxylic acids is 2. The summed E-state index contributed by atoms with van der Waals surface area (Å²) in [5.74, 6) is 0.699. The standard InChI is InChI=1S/C17H13NO5/c1-10(19)22-12-4-5-13-14(8-12)23-15(17(13)20)7-11-3-6-16(21-2)18-9-11/h3-9H,1-2H3/b15-7-. The summed E-state index contributed by atoms with van der Waals surface area (Å²) in [6.07, 6.45) is 3.18. The summed E-state index contributed by atoms with van der Waals surface area (Å²) in [5.41, 5.74) is 1.13. The lowest BCUT2D eigenvalue weighted by atomic mass is 10.1. The van der Waals surface area contributed by atoms with Crippen molar-refractivity contribution in [3.05, 3.63) is 53.4 Å². The maximum atomic E-state index is 12.3. The van der Waals surface area contributed by atoms with Crippen LogP contribution in [0.2, 0.25) is 0 Å². The lowest BCUT2D eigenvalue weighted by molar-refractivity contribution is -0.131. The highest BCUT2D eigenvalue weighted by atomic mass is 16.5. The van der Waals surface area contributed by atoms with E-state index in [9.17, 15) is 9.59 Å². The third-order valence-electron chi connectivity index (χ3n) is 3.17. The molecule has 2 heterocycles. The van der Waals surface area contributed by atoms with E-state index in [0.29, 0.717) is 28.5 Å². The third kappa shape index (κ3) is 3.06. The molecule has 0 saturated carbocycles. The van der Waals surface area contributed by atoms with Crippen LogP contribution in [0.5, 0.6) is 17.4 Å². The smallest absolute Gasteiger partial charge is 0.308 e. The minimum atomic E-state index is -0.436. The van der Waals surface area contributed by atoms with Gasteiger partial charge in [-0.2, -0.15) is 0 Å². The molecule has 0 atom stereocenters. The SMILES string of the molecule is COc1ccc(/C=C2\Oc3cc(OC(C)=O)ccc3C2=O)cn1. The minimum absolute atomic E-state index is 0.187. The lowest BCUT2D eigenvalue weighted by Crippen LogP contribution is -2.01. The fourth-order valence-electron chi connectivity index (χ4n) is 2.15. The van der Waals surface area contributed by atoms with Crippen molar-refractivity contribution in [2.24, 2.45) is 0 Å². The number of Topliss-reactive ketones (excluding diaryl/α,β-unsaturated/α-hetero) is 1. The Morgan fingerprint density at radius 2 is 2.09 bits per heavy atom. The van der Waals surface area contributed by atoms with Gasteiger partial charge in [-0.15, -0.1) is 0 Å². The van der Waals surface area contributed by atoms with Crippen LogP contribution in [-0.4, -0.2) is 23.8 Å². The number of aromatic nitrogens is 1. The first-order valence-corrected chi connectivity index (χ1v) is 6.83. The van der Waals surface area contributed by atoms with Crippen molar-refractivity contribution in [3.63, 3.8) is 0 Å². The van der Waals surface area contributed by atoms with Crippen LogP contribution in [0.1, 0.15) is 22.8 Å². The number of benzene rings is 1. The molecule has 0 unspecified atom stereocenters. The van der Waals surface area contributed by atoms with Crippen LogP contribution in [-0.2, 0) is 4.79 Å². The van der Waals surface area contributed by atoms with Gasteiger partial charge in [0.05, 0.1) is 12.7 Å². The van der Waals surface area contributed by atoms with Gasteiger partial charge in [0, 0.05) is 25.3 Å². The van der Waals surface area contributed by atoms with Gasteiger partial charge in [0.1, 0.15) is 11.5 Å². The molecular weight excluding hydrogens is 298 g/mol. The monoisotopic (exact) mass is 311 g/mol. The normalized spacial score (nSPS) is 14.3. The number of ether oxygens (including phenoxy) is 3. The number of pyridine rings is 1. The maximum absolute atomic E-state index is 12.3. The Labute approximate surface area is 132 Å². The molecule has 0 bridgehead atoms. The van der Waals surface area contributed by atoms with E-state index in [1.807, 2.05) is 0 Å². The van der Waals surface area contributed by atoms with E-state index < -0.39 is 5.97 Å². The van der Waals surface area contributed by atoms with E-state index in [4.69, 9.17) is 14.2 Å². The van der Waals surface area contributed by atoms with E-state index in [1.54, 1.807) is 36.5 Å². The fraction of sp³-hybridized carbons (Fsp3) is 0.118. The number of allylic oxidation sites excluding steroid dienone is 1. The highest BCUT2D eigenvalue weighted by Gasteiger charge is 2.27. The predicted octanol–water partition coefficient (Wildman–Crippen LogP) is 2.63. The van der Waals surface area contributed by atoms with Crippen LogP contribution in [0.25, 0.3) is 6.08 Å². The van der Waals surface area contributed by atoms with Gasteiger partial charge in [-0.05, 0) is 29.8 Å². The second kappa shape index (κ2) is 5.92. The molecule has 0 radical (unpaired) electrons. The topological polar surface area (TPSA) is 74.7 Å². The molecule has 0 fully saturated rings. The van der Waals surface area contributed by atoms with Gasteiger partial charge in [-0.1, -0.05) is 0 Å². The van der Waals surface area contributed by atoms with Gasteiger partial charge >= 0.3 is 5.97 Å². The van der Waals surface area contributed by atoms with E-state index in [1.165, 1.54) is 20.1 Å². The number of hydrogen-bond acceptors (Lipinski definition) is 6. The molecule has 0 saturated heterocycles. The average molecular weight is 311 g/mol. The number of methoxy groups -OCH3 is 1. The van der Waals surface area contributed by atoms with E-state index in [-0.39, 0.29) is 11.5 Å². The Bertz CT molecular complexity index is 808. The van der Waals surface area contributed by atoms with Crippen LogP contribution < -0.4 is 14.2 Å². The van der Waals surface area contributed by atoms with Crippen LogP contribution >= 0.6 is 0 Å². The van der Waals surface area contributed by atoms with Gasteiger partial charge in [-0.3, -0.25) is 9.59 Å². The first kappa shape index (κ1) is 14.8. The minimum Gasteiger partial charge on any atom is -0.481 e. The van der Waals surface area contributed by atoms with Crippen molar-refractivity contribution in [1.29, 1.82) is 0 Å². The summed E-state index contributed by atoms with van der Waals surface area (Å²) in [4.78, 5) is 27.4. The van der Waals surface area contributed by atoms with E-state index >= 15 is 0 Å². The van der Waals surface area contributed by atoms with Crippen molar-refractivity contribution in [2.45, 2.75) is 6.92 Å². The first-order valence-electron chi connectivity index (χ1n) is 6.83. The molecule has 0 N–H and O–H groups in total. The number of ketones is 1. The maximum Gasteiger partial charge on any atom is 0.308 e. The van der Waals surface area contributed by atoms with Gasteiger partial charge in [0.15, 0.2) is 5.76 Å². The molecule has 0 aliphatic carbocycles. The second-order valence-electron chi connectivity index (χ2n) is 4.83. The van der Waals surface area contributed by atoms with Gasteiger partial charge < -0.3 is 14.2 Å². The predicted molar refractivity (Wildman–Crippen MR) is 81.5 cm³/mol. The number of hydrogen-bond donors (Lipinski definition) is 0. The first-order chi connectivity index (χ1) is 11.1. The summed E-state index contributed by atoms with van der Waals surface area (Å²) in [6.45, 7) is 1.31. The highest BCUT2D eigenvalue weighted by molar-refractivity contribution is 6.14. The van der Waals surface area contributed by atoms with Crippen molar-refractivity contribution >= 4 is 17.8 Å². The van der Waals surface area contributed by atoms with Crippen LogP contribution in [0, 0.1) is 0 Å². The molecule has 1 aromatic carbocycles. The molecule has 2 aromatic rings. The van der Waals surface area contributed by atoms with Gasteiger partial charge in [-0.25, -0.2) is 4.98 Å². The summed E-state index contributed by atoms with van der Waals surface area (Å²) in [7, 11) is 1.53. The van der Waals surface area contributed by atoms with Crippen LogP contribution in [0.3, 0.4) is 0 Å². The third-order valence-corrected chi connectivity index (χ3v) is 3.17. The van der Waals surface area contributed by atoms with Crippen LogP contribution in [0.4, 0.5) is 0 Å². The zero-order chi connectivity index (χ0) is 16.4. The molecule has 0 amide bonds. The Hall–Kier alpha value is -3.15. The van der Waals surface area contributed by atoms with E-state index in [2.05, 4.69) is 4.98 Å². The average Bonchev–Trinajstić information content (AvgIpc) is 2.83. The molecule has 0 spiro atoms. The van der Waals surface area contributed by atoms with Crippen molar-refractivity contribution in [3.8, 4) is 17.4 Å². The molecular formula is C17H13NO5. The summed E-state index contributed by atoms with van der Waals surface area (Å²) in [5, 5.41) is 0. The number of nitrogens with zero attached hydrogens (tertiary/aromatic N) is 1. The number of rotatable bonds is 3. The molecule has 1 aliphatic heterocycles. The molecule has 6 heteroatoms. The van der Waals surface area contributed by atoms with Gasteiger partial charge in [0.2, 0.25) is 11.7 Å². The largest absolute Gasteiger partial charge is 0.481 e. The summed E-state index contributed by atoms with van der Waals surface area (Å²) >= 11 is 0. The molecule has 116 valence electrons. The Morgan fingerprint density at radius 3 is 2.74 bits per heavy atom. The van der Waals surface area contributed by atoms with Crippen molar-refractivity contribution in [1.82, 2.24) is 4.98 Å². The zero-order valence-electron chi connectivity index (χ0n) is 12.5. The van der Waals surface area contributed by atoms with Gasteiger partial charge in [0.25, 0.3) is 0 Å². The Kier molecular flexibility index (Phi) is 3.80. The molecule has 3 rings (SSSR count). The van der Waals surface area contributed by atoms with Crippen molar-refractivity contribution < 1.29 is 23.8 Å². The molecule has 6 nitrogen and oxygen atoms in total. The molecule has 1 aliphatic rings. The number of esters is 1.